The fourth-order valence-corrected chi connectivity index (χ4v) is 4.04. The van der Waals surface area contributed by atoms with Gasteiger partial charge in [-0.3, -0.25) is 4.98 Å². The topological polar surface area (TPSA) is 60.5 Å². The van der Waals surface area contributed by atoms with Crippen LogP contribution < -0.4 is 5.73 Å². The minimum Gasteiger partial charge on any atom is -0.462 e. The Hall–Kier alpha value is -2.07. The standard InChI is InChI=1S/C19H20ClN3O/c1-18(2)6-5-12-3-4-13(14-7-15(20)10-22-9-14)8-16(12)19(18)11-24-17(21)23-19/h3-4,7-10H,5-6,11H2,1-2H3,(H2,21,23). The SMILES string of the molecule is CC1(C)CCc2ccc(-c3cncc(Cl)c3)cc2C12COC(N)=N2. The number of aryl methyl sites for hydroxylation is 1. The van der Waals surface area contributed by atoms with E-state index in [2.05, 4.69) is 37.0 Å². The lowest BCUT2D eigenvalue weighted by Gasteiger charge is -2.45. The van der Waals surface area contributed by atoms with E-state index in [4.69, 9.17) is 27.1 Å². The van der Waals surface area contributed by atoms with E-state index in [1.165, 1.54) is 11.1 Å². The fourth-order valence-electron chi connectivity index (χ4n) is 3.86. The molecular weight excluding hydrogens is 322 g/mol. The van der Waals surface area contributed by atoms with Crippen LogP contribution in [0.2, 0.25) is 5.02 Å². The van der Waals surface area contributed by atoms with Gasteiger partial charge in [-0.2, -0.15) is 0 Å². The van der Waals surface area contributed by atoms with Gasteiger partial charge < -0.3 is 10.5 Å². The Morgan fingerprint density at radius 1 is 1.17 bits per heavy atom. The summed E-state index contributed by atoms with van der Waals surface area (Å²) >= 11 is 6.10. The second-order valence-electron chi connectivity index (χ2n) is 7.25. The van der Waals surface area contributed by atoms with Gasteiger partial charge in [0.1, 0.15) is 12.1 Å². The maximum atomic E-state index is 6.10. The monoisotopic (exact) mass is 341 g/mol. The predicted octanol–water partition coefficient (Wildman–Crippen LogP) is 3.91. The lowest BCUT2D eigenvalue weighted by molar-refractivity contribution is 0.0990. The Balaban J connectivity index is 1.90. The van der Waals surface area contributed by atoms with Crippen molar-refractivity contribution in [3.63, 3.8) is 0 Å². The van der Waals surface area contributed by atoms with Crippen LogP contribution in [0.15, 0.2) is 41.7 Å². The van der Waals surface area contributed by atoms with Gasteiger partial charge in [0.25, 0.3) is 6.02 Å². The molecule has 1 aliphatic heterocycles. The maximum absolute atomic E-state index is 6.10. The van der Waals surface area contributed by atoms with Crippen LogP contribution in [0.4, 0.5) is 0 Å². The number of hydrogen-bond donors (Lipinski definition) is 1. The molecule has 5 heteroatoms. The molecule has 2 N–H and O–H groups in total. The zero-order chi connectivity index (χ0) is 16.9. The van der Waals surface area contributed by atoms with Crippen LogP contribution in [-0.2, 0) is 16.7 Å². The quantitative estimate of drug-likeness (QED) is 0.855. The van der Waals surface area contributed by atoms with Crippen molar-refractivity contribution in [2.75, 3.05) is 6.61 Å². The van der Waals surface area contributed by atoms with Gasteiger partial charge in [0.05, 0.1) is 5.02 Å². The van der Waals surface area contributed by atoms with Crippen LogP contribution in [0.1, 0.15) is 31.4 Å². The third-order valence-corrected chi connectivity index (χ3v) is 5.67. The molecule has 1 aromatic carbocycles. The number of halogens is 1. The van der Waals surface area contributed by atoms with Crippen LogP contribution in [0.3, 0.4) is 0 Å². The second-order valence-corrected chi connectivity index (χ2v) is 7.68. The number of nitrogens with zero attached hydrogens (tertiary/aromatic N) is 2. The molecule has 0 amide bonds. The first-order valence-electron chi connectivity index (χ1n) is 8.14. The number of aromatic nitrogens is 1. The van der Waals surface area contributed by atoms with Crippen molar-refractivity contribution in [1.29, 1.82) is 0 Å². The molecule has 1 unspecified atom stereocenters. The van der Waals surface area contributed by atoms with Crippen molar-refractivity contribution < 1.29 is 4.74 Å². The van der Waals surface area contributed by atoms with E-state index in [0.717, 1.165) is 24.0 Å². The number of pyridine rings is 1. The zero-order valence-corrected chi connectivity index (χ0v) is 14.6. The number of nitrogens with two attached hydrogens (primary N) is 1. The zero-order valence-electron chi connectivity index (χ0n) is 13.8. The first-order chi connectivity index (χ1) is 11.4. The summed E-state index contributed by atoms with van der Waals surface area (Å²) in [6, 6.07) is 8.73. The minimum absolute atomic E-state index is 0.0215. The summed E-state index contributed by atoms with van der Waals surface area (Å²) in [4.78, 5) is 8.95. The molecule has 1 aliphatic carbocycles. The van der Waals surface area contributed by atoms with E-state index in [1.807, 2.05) is 12.3 Å². The van der Waals surface area contributed by atoms with Crippen LogP contribution in [0, 0.1) is 5.41 Å². The lowest BCUT2D eigenvalue weighted by atomic mass is 9.61. The van der Waals surface area contributed by atoms with Gasteiger partial charge in [-0.1, -0.05) is 37.6 Å². The summed E-state index contributed by atoms with van der Waals surface area (Å²) in [5.74, 6) is 0. The molecular formula is C19H20ClN3O. The molecule has 4 rings (SSSR count). The summed E-state index contributed by atoms with van der Waals surface area (Å²) in [5.41, 5.74) is 10.0. The van der Waals surface area contributed by atoms with Crippen molar-refractivity contribution in [3.05, 3.63) is 52.8 Å². The number of benzene rings is 1. The second kappa shape index (κ2) is 5.21. The van der Waals surface area contributed by atoms with Crippen LogP contribution in [-0.4, -0.2) is 17.6 Å². The molecule has 0 radical (unpaired) electrons. The molecule has 124 valence electrons. The first kappa shape index (κ1) is 15.5. The predicted molar refractivity (Wildman–Crippen MR) is 96.0 cm³/mol. The number of amidine groups is 1. The van der Waals surface area contributed by atoms with E-state index in [9.17, 15) is 0 Å². The molecule has 2 aliphatic rings. The molecule has 2 heterocycles. The molecule has 2 aromatic rings. The molecule has 1 aromatic heterocycles. The normalized spacial score (nSPS) is 24.4. The highest BCUT2D eigenvalue weighted by atomic mass is 35.5. The smallest absolute Gasteiger partial charge is 0.283 e. The summed E-state index contributed by atoms with van der Waals surface area (Å²) in [7, 11) is 0. The van der Waals surface area contributed by atoms with Gasteiger partial charge in [0.2, 0.25) is 0 Å². The molecule has 1 spiro atoms. The molecule has 1 atom stereocenters. The fraction of sp³-hybridized carbons (Fsp3) is 0.368. The molecule has 24 heavy (non-hydrogen) atoms. The Morgan fingerprint density at radius 2 is 2.00 bits per heavy atom. The van der Waals surface area contributed by atoms with Crippen molar-refractivity contribution in [1.82, 2.24) is 4.98 Å². The highest BCUT2D eigenvalue weighted by Crippen LogP contribution is 2.53. The molecule has 4 nitrogen and oxygen atoms in total. The highest BCUT2D eigenvalue weighted by molar-refractivity contribution is 6.30. The number of aliphatic imine (C=N–C) groups is 1. The maximum Gasteiger partial charge on any atom is 0.283 e. The Bertz CT molecular complexity index is 846. The van der Waals surface area contributed by atoms with E-state index in [1.54, 1.807) is 6.20 Å². The lowest BCUT2D eigenvalue weighted by Crippen LogP contribution is -2.45. The average molecular weight is 342 g/mol. The Kier molecular flexibility index (Phi) is 3.36. The van der Waals surface area contributed by atoms with Crippen molar-refractivity contribution in [2.45, 2.75) is 32.2 Å². The van der Waals surface area contributed by atoms with E-state index in [-0.39, 0.29) is 11.4 Å². The first-order valence-corrected chi connectivity index (χ1v) is 8.52. The van der Waals surface area contributed by atoms with Gasteiger partial charge in [-0.05, 0) is 47.1 Å². The Labute approximate surface area is 146 Å². The van der Waals surface area contributed by atoms with Gasteiger partial charge >= 0.3 is 0 Å². The molecule has 0 fully saturated rings. The van der Waals surface area contributed by atoms with Crippen molar-refractivity contribution >= 4 is 17.6 Å². The Morgan fingerprint density at radius 3 is 2.71 bits per heavy atom. The van der Waals surface area contributed by atoms with Gasteiger partial charge in [0, 0.05) is 18.0 Å². The summed E-state index contributed by atoms with van der Waals surface area (Å²) in [6.07, 6.45) is 5.56. The number of rotatable bonds is 1. The van der Waals surface area contributed by atoms with Crippen molar-refractivity contribution in [2.24, 2.45) is 16.1 Å². The van der Waals surface area contributed by atoms with Crippen molar-refractivity contribution in [3.8, 4) is 11.1 Å². The van der Waals surface area contributed by atoms with Crippen LogP contribution in [0.25, 0.3) is 11.1 Å². The number of hydrogen-bond acceptors (Lipinski definition) is 4. The van der Waals surface area contributed by atoms with Crippen LogP contribution >= 0.6 is 11.6 Å². The summed E-state index contributed by atoms with van der Waals surface area (Å²) in [5, 5.41) is 0.631. The third kappa shape index (κ3) is 2.20. The minimum atomic E-state index is -0.424. The van der Waals surface area contributed by atoms with Gasteiger partial charge in [0.15, 0.2) is 0 Å². The number of ether oxygens (including phenoxy) is 1. The van der Waals surface area contributed by atoms with E-state index >= 15 is 0 Å². The molecule has 0 bridgehead atoms. The highest BCUT2D eigenvalue weighted by Gasteiger charge is 2.53. The number of fused-ring (bicyclic) bond motifs is 2. The van der Waals surface area contributed by atoms with Crippen LogP contribution in [0.5, 0.6) is 0 Å². The van der Waals surface area contributed by atoms with Gasteiger partial charge in [-0.25, -0.2) is 4.99 Å². The van der Waals surface area contributed by atoms with E-state index in [0.29, 0.717) is 11.6 Å². The average Bonchev–Trinajstić information content (AvgIpc) is 2.95. The van der Waals surface area contributed by atoms with E-state index < -0.39 is 5.54 Å². The molecule has 0 saturated carbocycles. The summed E-state index contributed by atoms with van der Waals surface area (Å²) in [6.45, 7) is 4.99. The third-order valence-electron chi connectivity index (χ3n) is 5.46. The summed E-state index contributed by atoms with van der Waals surface area (Å²) < 4.78 is 5.60. The molecule has 0 saturated heterocycles. The largest absolute Gasteiger partial charge is 0.462 e. The van der Waals surface area contributed by atoms with Gasteiger partial charge in [-0.15, -0.1) is 0 Å².